The summed E-state index contributed by atoms with van der Waals surface area (Å²) in [6.07, 6.45) is -0.267. The minimum absolute atomic E-state index is 0.267. The zero-order valence-corrected chi connectivity index (χ0v) is 31.4. The number of rotatable bonds is 5. The van der Waals surface area contributed by atoms with Crippen LogP contribution in [-0.2, 0) is 0 Å². The smallest absolute Gasteiger partial charge is 0.159 e. The number of thiophene rings is 1. The molecular formula is C51H32N4OS. The van der Waals surface area contributed by atoms with Crippen LogP contribution in [0.5, 0.6) is 0 Å². The summed E-state index contributed by atoms with van der Waals surface area (Å²) >= 11 is 1.85. The highest BCUT2D eigenvalue weighted by molar-refractivity contribution is 7.26. The maximum Gasteiger partial charge on any atom is 0.159 e. The van der Waals surface area contributed by atoms with Gasteiger partial charge in [-0.1, -0.05) is 121 Å². The van der Waals surface area contributed by atoms with Crippen molar-refractivity contribution in [1.82, 2.24) is 9.88 Å². The third kappa shape index (κ3) is 5.15. The third-order valence-electron chi connectivity index (χ3n) is 11.3. The van der Waals surface area contributed by atoms with E-state index in [2.05, 4.69) is 149 Å². The van der Waals surface area contributed by atoms with Crippen molar-refractivity contribution in [1.29, 1.82) is 0 Å². The van der Waals surface area contributed by atoms with Crippen LogP contribution in [0.25, 0.3) is 80.7 Å². The van der Waals surface area contributed by atoms with E-state index in [0.717, 1.165) is 50.0 Å². The number of furan rings is 1. The quantitative estimate of drug-likeness (QED) is 0.191. The summed E-state index contributed by atoms with van der Waals surface area (Å²) in [6, 6.07) is 64.4. The monoisotopic (exact) mass is 748 g/mol. The molecule has 0 aliphatic carbocycles. The van der Waals surface area contributed by atoms with E-state index in [1.165, 1.54) is 53.2 Å². The average Bonchev–Trinajstić information content (AvgIpc) is 3.95. The Morgan fingerprint density at radius 2 is 1.18 bits per heavy atom. The molecule has 5 nitrogen and oxygen atoms in total. The van der Waals surface area contributed by atoms with Gasteiger partial charge < -0.3 is 14.3 Å². The first kappa shape index (κ1) is 32.0. The summed E-state index contributed by atoms with van der Waals surface area (Å²) in [5.41, 5.74) is 10.7. The Morgan fingerprint density at radius 3 is 1.93 bits per heavy atom. The van der Waals surface area contributed by atoms with E-state index in [1.54, 1.807) is 0 Å². The number of amidine groups is 2. The predicted molar refractivity (Wildman–Crippen MR) is 238 cm³/mol. The van der Waals surface area contributed by atoms with Crippen molar-refractivity contribution in [3.63, 3.8) is 0 Å². The standard InChI is InChI=1S/C51H32N4OS/c1-3-12-31(13-4-1)49-52-50(32-14-5-2-6-15-32)54-51(53-49)34-23-27-45-41(29-34)40-28-33(22-26-44(40)56-45)36-18-11-21-46-48(36)39-25-24-35(30-47(39)57-46)55-42-19-9-7-16-37(42)38-17-8-10-20-43(38)55/h1-30,49H,(H,52,53,54). The van der Waals surface area contributed by atoms with Crippen molar-refractivity contribution in [2.45, 2.75) is 6.17 Å². The first-order chi connectivity index (χ1) is 28.2. The largest absolute Gasteiger partial charge is 0.456 e. The molecule has 0 saturated heterocycles. The van der Waals surface area contributed by atoms with E-state index in [9.17, 15) is 0 Å². The lowest BCUT2D eigenvalue weighted by molar-refractivity contribution is 0.668. The molecule has 1 N–H and O–H groups in total. The van der Waals surface area contributed by atoms with Crippen LogP contribution in [0.15, 0.2) is 196 Å². The number of aromatic nitrogens is 1. The summed E-state index contributed by atoms with van der Waals surface area (Å²) in [6.45, 7) is 0. The number of nitrogens with one attached hydrogen (secondary N) is 1. The van der Waals surface area contributed by atoms with Crippen molar-refractivity contribution < 1.29 is 4.42 Å². The lowest BCUT2D eigenvalue weighted by atomic mass is 9.97. The number of aliphatic imine (C=N–C) groups is 2. The third-order valence-corrected chi connectivity index (χ3v) is 12.4. The van der Waals surface area contributed by atoms with E-state index in [0.29, 0.717) is 5.84 Å². The van der Waals surface area contributed by atoms with Crippen molar-refractivity contribution in [3.05, 3.63) is 199 Å². The van der Waals surface area contributed by atoms with Gasteiger partial charge >= 0.3 is 0 Å². The molecule has 0 spiro atoms. The van der Waals surface area contributed by atoms with Crippen LogP contribution in [0, 0.1) is 0 Å². The average molecular weight is 749 g/mol. The molecule has 3 aromatic heterocycles. The number of hydrogen-bond acceptors (Lipinski definition) is 5. The first-order valence-electron chi connectivity index (χ1n) is 19.2. The second-order valence-corrected chi connectivity index (χ2v) is 15.7. The van der Waals surface area contributed by atoms with Gasteiger partial charge in [0, 0.05) is 58.5 Å². The molecule has 0 fully saturated rings. The Balaban J connectivity index is 0.978. The van der Waals surface area contributed by atoms with Crippen LogP contribution < -0.4 is 5.32 Å². The number of benzene rings is 8. The van der Waals surface area contributed by atoms with Crippen LogP contribution in [0.1, 0.15) is 22.9 Å². The Kier molecular flexibility index (Phi) is 7.09. The fourth-order valence-corrected chi connectivity index (χ4v) is 9.77. The van der Waals surface area contributed by atoms with Crippen LogP contribution in [0.4, 0.5) is 0 Å². The first-order valence-corrected chi connectivity index (χ1v) is 20.0. The van der Waals surface area contributed by atoms with Gasteiger partial charge in [0.1, 0.15) is 23.2 Å². The maximum atomic E-state index is 6.43. The van der Waals surface area contributed by atoms with E-state index in [-0.39, 0.29) is 6.17 Å². The van der Waals surface area contributed by atoms with Gasteiger partial charge in [-0.25, -0.2) is 9.98 Å². The van der Waals surface area contributed by atoms with Gasteiger partial charge in [0.2, 0.25) is 0 Å². The molecule has 0 bridgehead atoms. The van der Waals surface area contributed by atoms with Crippen LogP contribution in [-0.4, -0.2) is 16.2 Å². The molecule has 0 saturated carbocycles. The Bertz CT molecular complexity index is 3390. The molecule has 0 amide bonds. The maximum absolute atomic E-state index is 6.43. The van der Waals surface area contributed by atoms with E-state index in [4.69, 9.17) is 14.4 Å². The van der Waals surface area contributed by atoms with Crippen LogP contribution in [0.2, 0.25) is 0 Å². The highest BCUT2D eigenvalue weighted by Crippen LogP contribution is 2.43. The molecular weight excluding hydrogens is 717 g/mol. The fraction of sp³-hybridized carbons (Fsp3) is 0.0196. The van der Waals surface area contributed by atoms with Crippen molar-refractivity contribution >= 4 is 86.9 Å². The van der Waals surface area contributed by atoms with Gasteiger partial charge in [-0.2, -0.15) is 0 Å². The molecule has 4 heterocycles. The molecule has 0 radical (unpaired) electrons. The number of nitrogens with zero attached hydrogens (tertiary/aromatic N) is 3. The van der Waals surface area contributed by atoms with E-state index < -0.39 is 0 Å². The number of fused-ring (bicyclic) bond motifs is 9. The Labute approximate surface area is 331 Å². The molecule has 1 aliphatic heterocycles. The zero-order chi connectivity index (χ0) is 37.5. The normalized spacial score (nSPS) is 14.5. The molecule has 8 aromatic carbocycles. The molecule has 6 heteroatoms. The van der Waals surface area contributed by atoms with Gasteiger partial charge in [-0.05, 0) is 77.4 Å². The fourth-order valence-electron chi connectivity index (χ4n) is 8.61. The number of para-hydroxylation sites is 2. The molecule has 1 unspecified atom stereocenters. The van der Waals surface area contributed by atoms with Gasteiger partial charge in [-0.15, -0.1) is 11.3 Å². The van der Waals surface area contributed by atoms with Crippen LogP contribution >= 0.6 is 11.3 Å². The Hall–Kier alpha value is -7.28. The lowest BCUT2D eigenvalue weighted by Crippen LogP contribution is -2.33. The Morgan fingerprint density at radius 1 is 0.509 bits per heavy atom. The van der Waals surface area contributed by atoms with Gasteiger partial charge in [0.15, 0.2) is 5.84 Å². The van der Waals surface area contributed by atoms with E-state index >= 15 is 0 Å². The summed E-state index contributed by atoms with van der Waals surface area (Å²) in [5, 5.41) is 10.7. The zero-order valence-electron chi connectivity index (χ0n) is 30.6. The molecule has 1 aliphatic rings. The molecule has 1 atom stereocenters. The second kappa shape index (κ2) is 12.6. The second-order valence-electron chi connectivity index (χ2n) is 14.6. The predicted octanol–water partition coefficient (Wildman–Crippen LogP) is 13.2. The van der Waals surface area contributed by atoms with E-state index in [1.807, 2.05) is 53.8 Å². The highest BCUT2D eigenvalue weighted by Gasteiger charge is 2.22. The van der Waals surface area contributed by atoms with Crippen molar-refractivity contribution in [2.24, 2.45) is 9.98 Å². The van der Waals surface area contributed by atoms with Crippen molar-refractivity contribution in [2.75, 3.05) is 0 Å². The summed E-state index contributed by atoms with van der Waals surface area (Å²) in [7, 11) is 0. The van der Waals surface area contributed by atoms with Gasteiger partial charge in [0.05, 0.1) is 11.0 Å². The highest BCUT2D eigenvalue weighted by atomic mass is 32.1. The van der Waals surface area contributed by atoms with Crippen molar-refractivity contribution in [3.8, 4) is 16.8 Å². The molecule has 12 rings (SSSR count). The lowest BCUT2D eigenvalue weighted by Gasteiger charge is -2.23. The van der Waals surface area contributed by atoms with Crippen LogP contribution in [0.3, 0.4) is 0 Å². The van der Waals surface area contributed by atoms with Gasteiger partial charge in [-0.3, -0.25) is 0 Å². The SMILES string of the molecule is c1ccc(C2=NC(c3ccc4oc5ccc(-c6cccc7sc8cc(-n9c%10ccccc%10c%10ccccc%109)ccc8c67)cc5c4c3)=NC(c3ccccc3)N2)cc1. The summed E-state index contributed by atoms with van der Waals surface area (Å²) < 4.78 is 11.4. The van der Waals surface area contributed by atoms with Gasteiger partial charge in [0.25, 0.3) is 0 Å². The molecule has 268 valence electrons. The molecule has 57 heavy (non-hydrogen) atoms. The minimum atomic E-state index is -0.267. The number of hydrogen-bond donors (Lipinski definition) is 1. The topological polar surface area (TPSA) is 54.8 Å². The summed E-state index contributed by atoms with van der Waals surface area (Å²) in [5.74, 6) is 1.48. The minimum Gasteiger partial charge on any atom is -0.456 e. The molecule has 11 aromatic rings. The summed E-state index contributed by atoms with van der Waals surface area (Å²) in [4.78, 5) is 10.2.